The van der Waals surface area contributed by atoms with Gasteiger partial charge < -0.3 is 14.8 Å². The Morgan fingerprint density at radius 1 is 1.30 bits per heavy atom. The van der Waals surface area contributed by atoms with Gasteiger partial charge in [0.15, 0.2) is 0 Å². The molecule has 7 nitrogen and oxygen atoms in total. The molecule has 30 heavy (non-hydrogen) atoms. The summed E-state index contributed by atoms with van der Waals surface area (Å²) in [6.07, 6.45) is 3.95. The highest BCUT2D eigenvalue weighted by atomic mass is 35.5. The highest BCUT2D eigenvalue weighted by molar-refractivity contribution is 6.30. The molecule has 1 aliphatic carbocycles. The largest absolute Gasteiger partial charge is 0.352 e. The van der Waals surface area contributed by atoms with Gasteiger partial charge in [0.05, 0.1) is 0 Å². The number of nitrogens with zero attached hydrogens (tertiary/aromatic N) is 3. The Morgan fingerprint density at radius 3 is 2.63 bits per heavy atom. The summed E-state index contributed by atoms with van der Waals surface area (Å²) in [5.74, 6) is 0.368. The summed E-state index contributed by atoms with van der Waals surface area (Å²) in [4.78, 5) is 43.2. The topological polar surface area (TPSA) is 84.3 Å². The molecule has 0 bridgehead atoms. The van der Waals surface area contributed by atoms with E-state index in [9.17, 15) is 14.4 Å². The number of aromatic nitrogens is 2. The molecule has 0 spiro atoms. The molecule has 8 heteroatoms. The van der Waals surface area contributed by atoms with Crippen LogP contribution in [-0.4, -0.2) is 51.2 Å². The lowest BCUT2D eigenvalue weighted by atomic mass is 9.93. The fourth-order valence-electron chi connectivity index (χ4n) is 3.68. The van der Waals surface area contributed by atoms with Crippen LogP contribution in [0.25, 0.3) is 11.4 Å². The third-order valence-corrected chi connectivity index (χ3v) is 5.46. The van der Waals surface area contributed by atoms with Crippen molar-refractivity contribution < 1.29 is 14.4 Å². The van der Waals surface area contributed by atoms with Crippen molar-refractivity contribution in [2.45, 2.75) is 58.2 Å². The highest BCUT2D eigenvalue weighted by Crippen LogP contribution is 2.25. The Balaban J connectivity index is 1.89. The minimum absolute atomic E-state index is 0.0110. The van der Waals surface area contributed by atoms with Crippen LogP contribution in [0.5, 0.6) is 0 Å². The van der Waals surface area contributed by atoms with Crippen LogP contribution in [0, 0.1) is 0 Å². The quantitative estimate of drug-likeness (QED) is 0.761. The molecule has 3 rings (SSSR count). The van der Waals surface area contributed by atoms with Crippen molar-refractivity contribution in [3.8, 4) is 11.4 Å². The van der Waals surface area contributed by atoms with Gasteiger partial charge in [-0.25, -0.2) is 4.98 Å². The number of Topliss-reactive ketones (excluding diaryl/α,β-unsaturated/α-hetero) is 1. The first-order chi connectivity index (χ1) is 14.2. The summed E-state index contributed by atoms with van der Waals surface area (Å²) in [6.45, 7) is 3.83. The Bertz CT molecular complexity index is 944. The SMILES string of the molecule is CC(C)NC(=O)Cn1cc(C(=O)N(C)C2CCC(=O)CC2)nc1-c1cccc(Cl)c1. The van der Waals surface area contributed by atoms with E-state index in [4.69, 9.17) is 11.6 Å². The van der Waals surface area contributed by atoms with Crippen LogP contribution in [0.3, 0.4) is 0 Å². The molecule has 160 valence electrons. The lowest BCUT2D eigenvalue weighted by Gasteiger charge is -2.30. The van der Waals surface area contributed by atoms with Crippen LogP contribution in [0.2, 0.25) is 5.02 Å². The molecule has 1 aromatic carbocycles. The van der Waals surface area contributed by atoms with E-state index in [0.29, 0.717) is 36.5 Å². The van der Waals surface area contributed by atoms with Gasteiger partial charge in [0.1, 0.15) is 23.8 Å². The van der Waals surface area contributed by atoms with E-state index < -0.39 is 0 Å². The number of rotatable bonds is 6. The summed E-state index contributed by atoms with van der Waals surface area (Å²) in [7, 11) is 1.74. The maximum absolute atomic E-state index is 13.1. The molecular formula is C22H27ClN4O3. The maximum atomic E-state index is 13.1. The van der Waals surface area contributed by atoms with Gasteiger partial charge in [0.25, 0.3) is 5.91 Å². The molecule has 1 heterocycles. The molecule has 1 N–H and O–H groups in total. The van der Waals surface area contributed by atoms with Gasteiger partial charge in [-0.3, -0.25) is 14.4 Å². The zero-order valence-corrected chi connectivity index (χ0v) is 18.3. The molecule has 0 aliphatic heterocycles. The van der Waals surface area contributed by atoms with Gasteiger partial charge in [-0.2, -0.15) is 0 Å². The van der Waals surface area contributed by atoms with E-state index in [1.165, 1.54) is 0 Å². The lowest BCUT2D eigenvalue weighted by molar-refractivity contribution is -0.122. The smallest absolute Gasteiger partial charge is 0.274 e. The molecule has 1 aromatic heterocycles. The number of carbonyl (C=O) groups is 3. The maximum Gasteiger partial charge on any atom is 0.274 e. The van der Waals surface area contributed by atoms with Crippen molar-refractivity contribution in [1.82, 2.24) is 19.8 Å². The van der Waals surface area contributed by atoms with Crippen LogP contribution < -0.4 is 5.32 Å². The van der Waals surface area contributed by atoms with Crippen molar-refractivity contribution in [2.75, 3.05) is 7.05 Å². The molecule has 0 atom stereocenters. The molecule has 2 amide bonds. The number of nitrogens with one attached hydrogen (secondary N) is 1. The fraction of sp³-hybridized carbons (Fsp3) is 0.455. The van der Waals surface area contributed by atoms with Crippen LogP contribution in [-0.2, 0) is 16.1 Å². The minimum Gasteiger partial charge on any atom is -0.352 e. The first kappa shape index (κ1) is 22.0. The van der Waals surface area contributed by atoms with Gasteiger partial charge in [-0.15, -0.1) is 0 Å². The number of ketones is 1. The number of carbonyl (C=O) groups excluding carboxylic acids is 3. The van der Waals surface area contributed by atoms with E-state index >= 15 is 0 Å². The Hall–Kier alpha value is -2.67. The van der Waals surface area contributed by atoms with E-state index in [-0.39, 0.29) is 41.9 Å². The van der Waals surface area contributed by atoms with Gasteiger partial charge in [-0.05, 0) is 38.8 Å². The molecule has 1 aliphatic rings. The van der Waals surface area contributed by atoms with Crippen molar-refractivity contribution in [2.24, 2.45) is 0 Å². The van der Waals surface area contributed by atoms with Crippen molar-refractivity contribution in [3.05, 3.63) is 41.2 Å². The summed E-state index contributed by atoms with van der Waals surface area (Å²) >= 11 is 6.14. The first-order valence-electron chi connectivity index (χ1n) is 10.2. The molecule has 0 radical (unpaired) electrons. The molecule has 0 saturated heterocycles. The van der Waals surface area contributed by atoms with Crippen LogP contribution in [0.1, 0.15) is 50.0 Å². The average molecular weight is 431 g/mol. The van der Waals surface area contributed by atoms with E-state index in [1.54, 1.807) is 40.9 Å². The predicted molar refractivity (Wildman–Crippen MR) is 115 cm³/mol. The number of benzene rings is 1. The molecule has 2 aromatic rings. The number of halogens is 1. The second-order valence-electron chi connectivity index (χ2n) is 8.00. The zero-order valence-electron chi connectivity index (χ0n) is 17.5. The Labute approximate surface area is 181 Å². The number of amides is 2. The van der Waals surface area contributed by atoms with Crippen LogP contribution in [0.15, 0.2) is 30.5 Å². The average Bonchev–Trinajstić information content (AvgIpc) is 3.10. The standard InChI is InChI=1S/C22H27ClN4O3/c1-14(2)24-20(29)13-27-12-19(25-21(27)15-5-4-6-16(23)11-15)22(30)26(3)17-7-9-18(28)10-8-17/h4-6,11-12,14,17H,7-10,13H2,1-3H3,(H,24,29). The fourth-order valence-corrected chi connectivity index (χ4v) is 3.87. The summed E-state index contributed by atoms with van der Waals surface area (Å²) in [5.41, 5.74) is 0.992. The normalized spacial score (nSPS) is 14.8. The van der Waals surface area contributed by atoms with Crippen molar-refractivity contribution in [3.63, 3.8) is 0 Å². The molecule has 1 fully saturated rings. The summed E-state index contributed by atoms with van der Waals surface area (Å²) in [5, 5.41) is 3.40. The lowest BCUT2D eigenvalue weighted by Crippen LogP contribution is -2.39. The minimum atomic E-state index is -0.222. The van der Waals surface area contributed by atoms with E-state index in [0.717, 1.165) is 5.56 Å². The van der Waals surface area contributed by atoms with E-state index in [1.807, 2.05) is 19.9 Å². The number of imidazole rings is 1. The Kier molecular flexibility index (Phi) is 6.92. The van der Waals surface area contributed by atoms with Crippen LogP contribution >= 0.6 is 11.6 Å². The monoisotopic (exact) mass is 430 g/mol. The highest BCUT2D eigenvalue weighted by Gasteiger charge is 2.28. The van der Waals surface area contributed by atoms with Gasteiger partial charge in [0.2, 0.25) is 5.91 Å². The Morgan fingerprint density at radius 2 is 2.00 bits per heavy atom. The molecule has 1 saturated carbocycles. The van der Waals surface area contributed by atoms with Gasteiger partial charge in [0, 0.05) is 48.8 Å². The van der Waals surface area contributed by atoms with Crippen LogP contribution in [0.4, 0.5) is 0 Å². The third-order valence-electron chi connectivity index (χ3n) is 5.22. The number of hydrogen-bond donors (Lipinski definition) is 1. The zero-order chi connectivity index (χ0) is 21.8. The van der Waals surface area contributed by atoms with Crippen molar-refractivity contribution in [1.29, 1.82) is 0 Å². The van der Waals surface area contributed by atoms with Gasteiger partial charge >= 0.3 is 0 Å². The summed E-state index contributed by atoms with van der Waals surface area (Å²) in [6, 6.07) is 7.18. The molecule has 0 unspecified atom stereocenters. The third kappa shape index (κ3) is 5.27. The van der Waals surface area contributed by atoms with Crippen molar-refractivity contribution >= 4 is 29.2 Å². The first-order valence-corrected chi connectivity index (χ1v) is 10.5. The second-order valence-corrected chi connectivity index (χ2v) is 8.43. The molecular weight excluding hydrogens is 404 g/mol. The second kappa shape index (κ2) is 9.43. The summed E-state index contributed by atoms with van der Waals surface area (Å²) < 4.78 is 1.68. The van der Waals surface area contributed by atoms with E-state index in [2.05, 4.69) is 10.3 Å². The predicted octanol–water partition coefficient (Wildman–Crippen LogP) is 3.31. The van der Waals surface area contributed by atoms with Gasteiger partial charge in [-0.1, -0.05) is 23.7 Å². The number of hydrogen-bond acceptors (Lipinski definition) is 4.